The van der Waals surface area contributed by atoms with Gasteiger partial charge in [-0.15, -0.1) is 0 Å². The van der Waals surface area contributed by atoms with Gasteiger partial charge in [0.25, 0.3) is 0 Å². The van der Waals surface area contributed by atoms with Crippen molar-refractivity contribution >= 4 is 23.2 Å². The maximum atomic E-state index is 11.7. The standard InChI is InChI=1S/C16H16ClNO2/c1-12-5-7-15(8-6-12)20-10-9-16(19)18-14-4-2-3-13(17)11-14/h2-8,11H,9-10H2,1H3,(H,18,19). The zero-order chi connectivity index (χ0) is 14.4. The average molecular weight is 290 g/mol. The quantitative estimate of drug-likeness (QED) is 0.901. The van der Waals surface area contributed by atoms with Crippen LogP contribution in [0.15, 0.2) is 48.5 Å². The third-order valence-corrected chi connectivity index (χ3v) is 2.96. The number of carbonyl (C=O) groups excluding carboxylic acids is 1. The first kappa shape index (κ1) is 14.4. The van der Waals surface area contributed by atoms with Gasteiger partial charge in [0.15, 0.2) is 0 Å². The van der Waals surface area contributed by atoms with E-state index in [1.807, 2.05) is 31.2 Å². The molecule has 1 N–H and O–H groups in total. The number of anilines is 1. The van der Waals surface area contributed by atoms with Crippen LogP contribution in [-0.4, -0.2) is 12.5 Å². The van der Waals surface area contributed by atoms with Gasteiger partial charge in [-0.1, -0.05) is 35.4 Å². The fraction of sp³-hybridized carbons (Fsp3) is 0.188. The highest BCUT2D eigenvalue weighted by molar-refractivity contribution is 6.30. The molecular weight excluding hydrogens is 274 g/mol. The monoisotopic (exact) mass is 289 g/mol. The maximum absolute atomic E-state index is 11.7. The molecule has 0 atom stereocenters. The summed E-state index contributed by atoms with van der Waals surface area (Å²) in [4.78, 5) is 11.7. The molecule has 0 aliphatic carbocycles. The number of aryl methyl sites for hydroxylation is 1. The molecule has 0 spiro atoms. The van der Waals surface area contributed by atoms with E-state index in [0.29, 0.717) is 23.7 Å². The lowest BCUT2D eigenvalue weighted by atomic mass is 10.2. The number of rotatable bonds is 5. The molecule has 0 saturated carbocycles. The molecule has 20 heavy (non-hydrogen) atoms. The summed E-state index contributed by atoms with van der Waals surface area (Å²) in [7, 11) is 0. The number of ether oxygens (including phenoxy) is 1. The van der Waals surface area contributed by atoms with Gasteiger partial charge >= 0.3 is 0 Å². The van der Waals surface area contributed by atoms with E-state index in [4.69, 9.17) is 16.3 Å². The molecule has 3 nitrogen and oxygen atoms in total. The van der Waals surface area contributed by atoms with Crippen LogP contribution in [0.1, 0.15) is 12.0 Å². The molecule has 0 aliphatic rings. The summed E-state index contributed by atoms with van der Waals surface area (Å²) in [5.74, 6) is 0.672. The summed E-state index contributed by atoms with van der Waals surface area (Å²) in [6.45, 7) is 2.36. The normalized spacial score (nSPS) is 10.1. The van der Waals surface area contributed by atoms with Crippen LogP contribution in [0.4, 0.5) is 5.69 Å². The van der Waals surface area contributed by atoms with E-state index in [1.165, 1.54) is 5.56 Å². The lowest BCUT2D eigenvalue weighted by Gasteiger charge is -2.07. The number of hydrogen-bond donors (Lipinski definition) is 1. The minimum absolute atomic E-state index is 0.0978. The van der Waals surface area contributed by atoms with Crippen LogP contribution >= 0.6 is 11.6 Å². The number of benzene rings is 2. The second-order valence-electron chi connectivity index (χ2n) is 4.47. The van der Waals surface area contributed by atoms with Crippen molar-refractivity contribution in [2.24, 2.45) is 0 Å². The van der Waals surface area contributed by atoms with E-state index in [-0.39, 0.29) is 5.91 Å². The van der Waals surface area contributed by atoms with Crippen molar-refractivity contribution < 1.29 is 9.53 Å². The summed E-state index contributed by atoms with van der Waals surface area (Å²) in [5, 5.41) is 3.37. The zero-order valence-corrected chi connectivity index (χ0v) is 12.0. The Bertz CT molecular complexity index is 581. The molecule has 4 heteroatoms. The Morgan fingerprint density at radius 3 is 2.65 bits per heavy atom. The molecule has 0 bridgehead atoms. The molecule has 0 heterocycles. The van der Waals surface area contributed by atoms with E-state index in [2.05, 4.69) is 5.32 Å². The van der Waals surface area contributed by atoms with Gasteiger partial charge in [0.05, 0.1) is 13.0 Å². The van der Waals surface area contributed by atoms with Crippen LogP contribution in [-0.2, 0) is 4.79 Å². The minimum Gasteiger partial charge on any atom is -0.493 e. The Morgan fingerprint density at radius 2 is 1.95 bits per heavy atom. The van der Waals surface area contributed by atoms with Crippen LogP contribution in [0, 0.1) is 6.92 Å². The van der Waals surface area contributed by atoms with E-state index < -0.39 is 0 Å². The fourth-order valence-electron chi connectivity index (χ4n) is 1.69. The molecule has 1 amide bonds. The minimum atomic E-state index is -0.0978. The number of carbonyl (C=O) groups is 1. The molecular formula is C16H16ClNO2. The maximum Gasteiger partial charge on any atom is 0.227 e. The van der Waals surface area contributed by atoms with E-state index in [1.54, 1.807) is 24.3 Å². The van der Waals surface area contributed by atoms with Crippen molar-refractivity contribution in [3.63, 3.8) is 0 Å². The smallest absolute Gasteiger partial charge is 0.227 e. The molecule has 104 valence electrons. The van der Waals surface area contributed by atoms with Crippen molar-refractivity contribution in [3.05, 3.63) is 59.1 Å². The Hall–Kier alpha value is -2.00. The highest BCUT2D eigenvalue weighted by Crippen LogP contribution is 2.15. The summed E-state index contributed by atoms with van der Waals surface area (Å²) < 4.78 is 5.51. The topological polar surface area (TPSA) is 38.3 Å². The first-order chi connectivity index (χ1) is 9.63. The molecule has 0 radical (unpaired) electrons. The van der Waals surface area contributed by atoms with Crippen LogP contribution in [0.5, 0.6) is 5.75 Å². The van der Waals surface area contributed by atoms with Crippen molar-refractivity contribution in [2.75, 3.05) is 11.9 Å². The Labute approximate surface area is 123 Å². The second-order valence-corrected chi connectivity index (χ2v) is 4.91. The van der Waals surface area contributed by atoms with Crippen molar-refractivity contribution in [1.82, 2.24) is 0 Å². The Kier molecular flexibility index (Phi) is 5.02. The summed E-state index contributed by atoms with van der Waals surface area (Å²) in [6, 6.07) is 14.8. The van der Waals surface area contributed by atoms with Crippen molar-refractivity contribution in [2.45, 2.75) is 13.3 Å². The first-order valence-electron chi connectivity index (χ1n) is 6.38. The van der Waals surface area contributed by atoms with Gasteiger partial charge in [0.2, 0.25) is 5.91 Å². The lowest BCUT2D eigenvalue weighted by molar-refractivity contribution is -0.116. The van der Waals surface area contributed by atoms with Crippen LogP contribution in [0.25, 0.3) is 0 Å². The average Bonchev–Trinajstić information content (AvgIpc) is 2.41. The summed E-state index contributed by atoms with van der Waals surface area (Å²) >= 11 is 5.85. The van der Waals surface area contributed by atoms with Crippen LogP contribution < -0.4 is 10.1 Å². The van der Waals surface area contributed by atoms with Gasteiger partial charge in [0, 0.05) is 10.7 Å². The van der Waals surface area contributed by atoms with Gasteiger partial charge < -0.3 is 10.1 Å². The molecule has 2 aromatic rings. The van der Waals surface area contributed by atoms with Gasteiger partial charge in [0.1, 0.15) is 5.75 Å². The van der Waals surface area contributed by atoms with Gasteiger partial charge in [-0.25, -0.2) is 0 Å². The fourth-order valence-corrected chi connectivity index (χ4v) is 1.88. The van der Waals surface area contributed by atoms with Crippen molar-refractivity contribution in [1.29, 1.82) is 0 Å². The lowest BCUT2D eigenvalue weighted by Crippen LogP contribution is -2.15. The highest BCUT2D eigenvalue weighted by atomic mass is 35.5. The first-order valence-corrected chi connectivity index (χ1v) is 6.76. The number of halogens is 1. The Balaban J connectivity index is 1.76. The number of hydrogen-bond acceptors (Lipinski definition) is 2. The molecule has 0 aliphatic heterocycles. The molecule has 2 rings (SSSR count). The molecule has 0 unspecified atom stereocenters. The molecule has 0 saturated heterocycles. The zero-order valence-electron chi connectivity index (χ0n) is 11.2. The van der Waals surface area contributed by atoms with Gasteiger partial charge in [-0.05, 0) is 37.3 Å². The Morgan fingerprint density at radius 1 is 1.20 bits per heavy atom. The molecule has 0 aromatic heterocycles. The number of amides is 1. The predicted octanol–water partition coefficient (Wildman–Crippen LogP) is 4.06. The molecule has 2 aromatic carbocycles. The van der Waals surface area contributed by atoms with Crippen molar-refractivity contribution in [3.8, 4) is 5.75 Å². The van der Waals surface area contributed by atoms with E-state index in [0.717, 1.165) is 5.75 Å². The van der Waals surface area contributed by atoms with Crippen LogP contribution in [0.3, 0.4) is 0 Å². The second kappa shape index (κ2) is 6.96. The van der Waals surface area contributed by atoms with E-state index >= 15 is 0 Å². The van der Waals surface area contributed by atoms with Crippen LogP contribution in [0.2, 0.25) is 5.02 Å². The number of nitrogens with one attached hydrogen (secondary N) is 1. The third kappa shape index (κ3) is 4.59. The predicted molar refractivity (Wildman–Crippen MR) is 81.4 cm³/mol. The largest absolute Gasteiger partial charge is 0.493 e. The highest BCUT2D eigenvalue weighted by Gasteiger charge is 2.03. The van der Waals surface area contributed by atoms with Gasteiger partial charge in [-0.2, -0.15) is 0 Å². The van der Waals surface area contributed by atoms with E-state index in [9.17, 15) is 4.79 Å². The SMILES string of the molecule is Cc1ccc(OCCC(=O)Nc2cccc(Cl)c2)cc1. The third-order valence-electron chi connectivity index (χ3n) is 2.73. The summed E-state index contributed by atoms with van der Waals surface area (Å²) in [6.07, 6.45) is 0.292. The molecule has 0 fully saturated rings. The van der Waals surface area contributed by atoms with Gasteiger partial charge in [-0.3, -0.25) is 4.79 Å². The summed E-state index contributed by atoms with van der Waals surface area (Å²) in [5.41, 5.74) is 1.87.